The maximum atomic E-state index is 11.9. The van der Waals surface area contributed by atoms with Gasteiger partial charge in [-0.2, -0.15) is 0 Å². The van der Waals surface area contributed by atoms with Crippen molar-refractivity contribution in [1.82, 2.24) is 0 Å². The molecule has 0 aliphatic heterocycles. The maximum absolute atomic E-state index is 11.9. The number of esters is 2. The van der Waals surface area contributed by atoms with Crippen LogP contribution >= 0.6 is 11.8 Å². The van der Waals surface area contributed by atoms with Crippen LogP contribution in [-0.4, -0.2) is 44.9 Å². The van der Waals surface area contributed by atoms with Gasteiger partial charge in [-0.15, -0.1) is 11.8 Å². The molecule has 0 fully saturated rings. The van der Waals surface area contributed by atoms with Crippen LogP contribution in [0.3, 0.4) is 0 Å². The highest BCUT2D eigenvalue weighted by molar-refractivity contribution is 8.11. The van der Waals surface area contributed by atoms with Gasteiger partial charge in [0.15, 0.2) is 6.10 Å². The molecule has 0 aliphatic carbocycles. The zero-order valence-corrected chi connectivity index (χ0v) is 12.8. The van der Waals surface area contributed by atoms with Crippen LogP contribution in [-0.2, 0) is 29.9 Å². The Kier molecular flexibility index (Phi) is 9.09. The van der Waals surface area contributed by atoms with Gasteiger partial charge in [0.1, 0.15) is 11.2 Å². The molecule has 18 heavy (non-hydrogen) atoms. The number of ether oxygens (including phenoxy) is 2. The Morgan fingerprint density at radius 3 is 2.22 bits per heavy atom. The molecule has 0 radical (unpaired) electrons. The van der Waals surface area contributed by atoms with E-state index < -0.39 is 28.8 Å². The zero-order valence-electron chi connectivity index (χ0n) is 11.1. The van der Waals surface area contributed by atoms with Crippen molar-refractivity contribution in [2.24, 2.45) is 0 Å². The first-order valence-corrected chi connectivity index (χ1v) is 8.14. The van der Waals surface area contributed by atoms with Gasteiger partial charge >= 0.3 is 11.9 Å². The molecule has 0 heterocycles. The van der Waals surface area contributed by atoms with Gasteiger partial charge in [-0.1, -0.05) is 13.8 Å². The quantitative estimate of drug-likeness (QED) is 0.629. The molecule has 3 atom stereocenters. The van der Waals surface area contributed by atoms with Crippen LogP contribution in [0.1, 0.15) is 27.7 Å². The van der Waals surface area contributed by atoms with Crippen LogP contribution in [0, 0.1) is 0 Å². The molecule has 5 nitrogen and oxygen atoms in total. The molecule has 0 aromatic carbocycles. The molecule has 0 spiro atoms. The summed E-state index contributed by atoms with van der Waals surface area (Å²) < 4.78 is 21.5. The number of rotatable bonds is 8. The molecule has 0 bridgehead atoms. The van der Waals surface area contributed by atoms with Crippen molar-refractivity contribution in [3.8, 4) is 0 Å². The summed E-state index contributed by atoms with van der Waals surface area (Å²) >= 11 is 1.44. The largest absolute Gasteiger partial charge is 0.462 e. The predicted octanol–water partition coefficient (Wildman–Crippen LogP) is 1.33. The van der Waals surface area contributed by atoms with Crippen molar-refractivity contribution in [2.45, 2.75) is 38.4 Å². The Hall–Kier alpha value is -0.560. The van der Waals surface area contributed by atoms with Crippen LogP contribution < -0.4 is 0 Å². The minimum atomic E-state index is -1.13. The van der Waals surface area contributed by atoms with Crippen molar-refractivity contribution in [3.63, 3.8) is 0 Å². The highest BCUT2D eigenvalue weighted by Gasteiger charge is 2.30. The van der Waals surface area contributed by atoms with Crippen LogP contribution in [0.4, 0.5) is 0 Å². The Bertz CT molecular complexity index is 306. The van der Waals surface area contributed by atoms with E-state index in [1.54, 1.807) is 6.92 Å². The molecule has 0 aromatic rings. The summed E-state index contributed by atoms with van der Waals surface area (Å²) in [6.07, 6.45) is -0.669. The fourth-order valence-corrected chi connectivity index (χ4v) is 4.16. The van der Waals surface area contributed by atoms with E-state index in [1.165, 1.54) is 25.6 Å². The summed E-state index contributed by atoms with van der Waals surface area (Å²) in [4.78, 5) is 21.9. The Balaban J connectivity index is 4.77. The highest BCUT2D eigenvalue weighted by Crippen LogP contribution is 2.21. The number of thioether (sulfide) groups is 1. The molecule has 7 heteroatoms. The van der Waals surface area contributed by atoms with E-state index in [1.807, 2.05) is 6.92 Å². The van der Waals surface area contributed by atoms with Crippen molar-refractivity contribution in [3.05, 3.63) is 0 Å². The SMILES string of the molecule is CCS[C@@H]([C@@H](COC(C)=O)OC(C)=O)[S@](=O)CC. The molecule has 0 unspecified atom stereocenters. The molecule has 0 rings (SSSR count). The van der Waals surface area contributed by atoms with E-state index in [9.17, 15) is 13.8 Å². The summed E-state index contributed by atoms with van der Waals surface area (Å²) in [5, 5.41) is 0. The molecule has 0 saturated carbocycles. The fourth-order valence-electron chi connectivity index (χ4n) is 1.26. The second kappa shape index (κ2) is 9.38. The number of hydrogen-bond donors (Lipinski definition) is 0. The van der Waals surface area contributed by atoms with E-state index >= 15 is 0 Å². The molecule has 0 aliphatic rings. The summed E-state index contributed by atoms with van der Waals surface area (Å²) in [5.41, 5.74) is 0. The van der Waals surface area contributed by atoms with Gasteiger partial charge in [0.05, 0.1) is 0 Å². The molecule has 0 aromatic heterocycles. The van der Waals surface area contributed by atoms with E-state index in [0.29, 0.717) is 5.75 Å². The molecule has 0 amide bonds. The average molecular weight is 296 g/mol. The van der Waals surface area contributed by atoms with Gasteiger partial charge in [-0.3, -0.25) is 13.8 Å². The minimum absolute atomic E-state index is 0.0572. The Labute approximate surface area is 114 Å². The first-order chi connectivity index (χ1) is 8.42. The summed E-state index contributed by atoms with van der Waals surface area (Å²) in [6, 6.07) is 0. The normalized spacial score (nSPS) is 15.6. The molecule has 106 valence electrons. The molecule has 0 saturated heterocycles. The number of carbonyl (C=O) groups is 2. The third-order valence-electron chi connectivity index (χ3n) is 1.95. The predicted molar refractivity (Wildman–Crippen MR) is 72.8 cm³/mol. The lowest BCUT2D eigenvalue weighted by atomic mass is 10.4. The third kappa shape index (κ3) is 7.00. The van der Waals surface area contributed by atoms with Crippen LogP contribution in [0.2, 0.25) is 0 Å². The Morgan fingerprint density at radius 2 is 1.83 bits per heavy atom. The van der Waals surface area contributed by atoms with Gasteiger partial charge in [0, 0.05) is 30.4 Å². The standard InChI is InChI=1S/C11H20O5S2/c1-5-17-11(18(14)6-2)10(16-9(4)13)7-15-8(3)12/h10-11H,5-7H2,1-4H3/t10-,11-,18-/m1/s1. The summed E-state index contributed by atoms with van der Waals surface area (Å²) in [5.74, 6) is 0.292. The van der Waals surface area contributed by atoms with E-state index in [0.717, 1.165) is 5.75 Å². The van der Waals surface area contributed by atoms with Crippen LogP contribution in [0.25, 0.3) is 0 Å². The molecular formula is C11H20O5S2. The first-order valence-electron chi connectivity index (χ1n) is 5.71. The molecule has 0 N–H and O–H groups in total. The van der Waals surface area contributed by atoms with E-state index in [2.05, 4.69) is 0 Å². The second-order valence-electron chi connectivity index (χ2n) is 3.44. The Morgan fingerprint density at radius 1 is 1.22 bits per heavy atom. The van der Waals surface area contributed by atoms with Crippen molar-refractivity contribution in [1.29, 1.82) is 0 Å². The van der Waals surface area contributed by atoms with E-state index in [-0.39, 0.29) is 11.2 Å². The lowest BCUT2D eigenvalue weighted by Crippen LogP contribution is -2.37. The minimum Gasteiger partial charge on any atom is -0.462 e. The lowest BCUT2D eigenvalue weighted by molar-refractivity contribution is -0.155. The smallest absolute Gasteiger partial charge is 0.303 e. The van der Waals surface area contributed by atoms with Gasteiger partial charge in [-0.25, -0.2) is 0 Å². The number of hydrogen-bond acceptors (Lipinski definition) is 6. The highest BCUT2D eigenvalue weighted by atomic mass is 32.2. The van der Waals surface area contributed by atoms with Gasteiger partial charge < -0.3 is 9.47 Å². The fraction of sp³-hybridized carbons (Fsp3) is 0.818. The van der Waals surface area contributed by atoms with Gasteiger partial charge in [0.2, 0.25) is 0 Å². The van der Waals surface area contributed by atoms with Crippen molar-refractivity contribution < 1.29 is 23.3 Å². The first kappa shape index (κ1) is 17.4. The zero-order chi connectivity index (χ0) is 14.1. The van der Waals surface area contributed by atoms with Crippen LogP contribution in [0.15, 0.2) is 0 Å². The second-order valence-corrected chi connectivity index (χ2v) is 7.01. The average Bonchev–Trinajstić information content (AvgIpc) is 2.30. The lowest BCUT2D eigenvalue weighted by Gasteiger charge is -2.24. The summed E-state index contributed by atoms with van der Waals surface area (Å²) in [7, 11) is -1.13. The monoisotopic (exact) mass is 296 g/mol. The topological polar surface area (TPSA) is 69.7 Å². The number of carbonyl (C=O) groups excluding carboxylic acids is 2. The molecular weight excluding hydrogens is 276 g/mol. The summed E-state index contributed by atoms with van der Waals surface area (Å²) in [6.45, 7) is 6.24. The van der Waals surface area contributed by atoms with Crippen LogP contribution in [0.5, 0.6) is 0 Å². The van der Waals surface area contributed by atoms with Gasteiger partial charge in [0.25, 0.3) is 0 Å². The van der Waals surface area contributed by atoms with Gasteiger partial charge in [-0.05, 0) is 5.75 Å². The third-order valence-corrected chi connectivity index (χ3v) is 5.35. The van der Waals surface area contributed by atoms with E-state index in [4.69, 9.17) is 9.47 Å². The maximum Gasteiger partial charge on any atom is 0.303 e. The van der Waals surface area contributed by atoms with Crippen molar-refractivity contribution in [2.75, 3.05) is 18.1 Å². The van der Waals surface area contributed by atoms with Crippen molar-refractivity contribution >= 4 is 34.5 Å².